The van der Waals surface area contributed by atoms with E-state index in [2.05, 4.69) is 31.3 Å². The summed E-state index contributed by atoms with van der Waals surface area (Å²) in [6, 6.07) is -0.926. The van der Waals surface area contributed by atoms with Gasteiger partial charge in [0.1, 0.15) is 48.8 Å². The van der Waals surface area contributed by atoms with Crippen LogP contribution in [0.4, 0.5) is 0 Å². The van der Waals surface area contributed by atoms with E-state index >= 15 is 0 Å². The maximum absolute atomic E-state index is 13.2. The van der Waals surface area contributed by atoms with Crippen molar-refractivity contribution in [2.24, 2.45) is 0 Å². The molecule has 0 radical (unpaired) electrons. The molecule has 0 spiro atoms. The number of unbranched alkanes of at least 4 members (excludes halogenated alkanes) is 33. The summed E-state index contributed by atoms with van der Waals surface area (Å²) in [7, 11) is 0. The first-order valence-corrected chi connectivity index (χ1v) is 30.1. The molecule has 2 aliphatic heterocycles. The Balaban J connectivity index is 1.64. The SMILES string of the molecule is CCCCCC/C=C/CC/C=C/C(O)C(COC1OC(CO)C(OC2OC(CO)C(O)C(O)C2O)C(O)C1O)NC(=O)CCCCCCCCCCCCCCCCCCCCCCCCCCCCCCC. The van der Waals surface area contributed by atoms with Gasteiger partial charge in [0, 0.05) is 6.42 Å². The minimum Gasteiger partial charge on any atom is -0.394 e. The van der Waals surface area contributed by atoms with Gasteiger partial charge in [0.05, 0.1) is 32.0 Å². The Morgan fingerprint density at radius 1 is 0.479 bits per heavy atom. The molecule has 12 atom stereocenters. The molecule has 0 aliphatic carbocycles. The van der Waals surface area contributed by atoms with Crippen molar-refractivity contribution in [3.63, 3.8) is 0 Å². The maximum atomic E-state index is 13.2. The molecular formula is C59H111NO13. The fourth-order valence-corrected chi connectivity index (χ4v) is 10.0. The van der Waals surface area contributed by atoms with E-state index in [9.17, 15) is 45.6 Å². The van der Waals surface area contributed by atoms with E-state index in [1.54, 1.807) is 6.08 Å². The molecule has 0 bridgehead atoms. The number of ether oxygens (including phenoxy) is 4. The van der Waals surface area contributed by atoms with Crippen LogP contribution in [0.3, 0.4) is 0 Å². The van der Waals surface area contributed by atoms with Crippen LogP contribution in [-0.4, -0.2) is 140 Å². The number of carbonyl (C=O) groups excluding carboxylic acids is 1. The lowest BCUT2D eigenvalue weighted by molar-refractivity contribution is -0.359. The molecule has 73 heavy (non-hydrogen) atoms. The van der Waals surface area contributed by atoms with Crippen LogP contribution in [0.15, 0.2) is 24.3 Å². The van der Waals surface area contributed by atoms with Crippen LogP contribution in [0.2, 0.25) is 0 Å². The highest BCUT2D eigenvalue weighted by Gasteiger charge is 2.51. The molecule has 9 N–H and O–H groups in total. The largest absolute Gasteiger partial charge is 0.394 e. The minimum absolute atomic E-state index is 0.247. The zero-order chi connectivity index (χ0) is 53.2. The number of nitrogens with one attached hydrogen (secondary N) is 1. The van der Waals surface area contributed by atoms with Gasteiger partial charge in [0.2, 0.25) is 5.91 Å². The van der Waals surface area contributed by atoms with Crippen molar-refractivity contribution < 1.29 is 64.6 Å². The highest BCUT2D eigenvalue weighted by Crippen LogP contribution is 2.30. The van der Waals surface area contributed by atoms with E-state index in [1.165, 1.54) is 186 Å². The fourth-order valence-electron chi connectivity index (χ4n) is 10.0. The molecule has 2 saturated heterocycles. The summed E-state index contributed by atoms with van der Waals surface area (Å²) in [6.07, 6.45) is 36.9. The molecule has 0 aromatic rings. The van der Waals surface area contributed by atoms with Crippen LogP contribution in [0, 0.1) is 0 Å². The van der Waals surface area contributed by atoms with Gasteiger partial charge in [0.15, 0.2) is 12.6 Å². The second kappa shape index (κ2) is 45.5. The van der Waals surface area contributed by atoms with Gasteiger partial charge in [-0.3, -0.25) is 4.79 Å². The minimum atomic E-state index is -1.79. The predicted molar refractivity (Wildman–Crippen MR) is 291 cm³/mol. The van der Waals surface area contributed by atoms with Gasteiger partial charge in [-0.25, -0.2) is 0 Å². The van der Waals surface area contributed by atoms with Gasteiger partial charge in [-0.15, -0.1) is 0 Å². The zero-order valence-corrected chi connectivity index (χ0v) is 46.1. The lowest BCUT2D eigenvalue weighted by Crippen LogP contribution is -2.65. The van der Waals surface area contributed by atoms with Crippen LogP contribution in [0.5, 0.6) is 0 Å². The van der Waals surface area contributed by atoms with E-state index in [4.69, 9.17) is 18.9 Å². The van der Waals surface area contributed by atoms with Crippen LogP contribution in [-0.2, 0) is 23.7 Å². The van der Waals surface area contributed by atoms with E-state index in [0.29, 0.717) is 12.8 Å². The average molecular weight is 1040 g/mol. The molecule has 2 rings (SSSR count). The number of allylic oxidation sites excluding steroid dienone is 3. The van der Waals surface area contributed by atoms with E-state index in [-0.39, 0.29) is 18.9 Å². The van der Waals surface area contributed by atoms with Gasteiger partial charge in [0.25, 0.3) is 0 Å². The molecule has 0 aromatic heterocycles. The van der Waals surface area contributed by atoms with Crippen LogP contribution < -0.4 is 5.32 Å². The molecular weight excluding hydrogens is 931 g/mol. The van der Waals surface area contributed by atoms with Gasteiger partial charge in [-0.1, -0.05) is 237 Å². The standard InChI is InChI=1S/C59H111NO13/c1-3-5-7-9-11-13-15-16-17-18-19-20-21-22-23-24-25-26-27-28-29-30-31-32-33-35-37-39-41-43-51(64)60-47(48(63)42-40-38-36-34-14-12-10-8-6-4-2)46-70-58-56(69)54(67)57(50(45-62)72-58)73-59-55(68)53(66)52(65)49(44-61)71-59/h14,34,40,42,47-50,52-59,61-63,65-69H,3-13,15-33,35-39,41,43-46H2,1-2H3,(H,60,64)/b34-14+,42-40+. The Morgan fingerprint density at radius 2 is 0.877 bits per heavy atom. The zero-order valence-electron chi connectivity index (χ0n) is 46.1. The van der Waals surface area contributed by atoms with Crippen molar-refractivity contribution in [1.82, 2.24) is 5.32 Å². The third kappa shape index (κ3) is 31.5. The highest BCUT2D eigenvalue weighted by molar-refractivity contribution is 5.76. The smallest absolute Gasteiger partial charge is 0.220 e. The predicted octanol–water partition coefficient (Wildman–Crippen LogP) is 10.1. The Kier molecular flexibility index (Phi) is 42.1. The Morgan fingerprint density at radius 3 is 1.34 bits per heavy atom. The highest BCUT2D eigenvalue weighted by atomic mass is 16.7. The third-order valence-corrected chi connectivity index (χ3v) is 14.9. The number of rotatable bonds is 48. The summed E-state index contributed by atoms with van der Waals surface area (Å²) in [5.74, 6) is -0.247. The molecule has 12 unspecified atom stereocenters. The summed E-state index contributed by atoms with van der Waals surface area (Å²) >= 11 is 0. The van der Waals surface area contributed by atoms with Crippen molar-refractivity contribution in [3.8, 4) is 0 Å². The molecule has 430 valence electrons. The van der Waals surface area contributed by atoms with Crippen molar-refractivity contribution in [3.05, 3.63) is 24.3 Å². The number of carbonyl (C=O) groups is 1. The number of hydrogen-bond donors (Lipinski definition) is 9. The Labute approximate surface area is 443 Å². The maximum Gasteiger partial charge on any atom is 0.220 e. The van der Waals surface area contributed by atoms with Crippen molar-refractivity contribution in [2.45, 2.75) is 325 Å². The quantitative estimate of drug-likeness (QED) is 0.0204. The van der Waals surface area contributed by atoms with Gasteiger partial charge >= 0.3 is 0 Å². The van der Waals surface area contributed by atoms with Crippen molar-refractivity contribution >= 4 is 5.91 Å². The molecule has 0 aromatic carbocycles. The molecule has 14 heteroatoms. The summed E-state index contributed by atoms with van der Waals surface area (Å²) in [5.41, 5.74) is 0. The van der Waals surface area contributed by atoms with Crippen LogP contribution in [0.25, 0.3) is 0 Å². The topological polar surface area (TPSA) is 228 Å². The van der Waals surface area contributed by atoms with Gasteiger partial charge in [-0.05, 0) is 32.1 Å². The fraction of sp³-hybridized carbons (Fsp3) is 0.915. The lowest BCUT2D eigenvalue weighted by atomic mass is 9.97. The average Bonchev–Trinajstić information content (AvgIpc) is 3.39. The van der Waals surface area contributed by atoms with E-state index < -0.39 is 86.8 Å². The molecule has 0 saturated carbocycles. The lowest BCUT2D eigenvalue weighted by Gasteiger charge is -2.46. The Bertz CT molecular complexity index is 1320. The van der Waals surface area contributed by atoms with E-state index in [1.807, 2.05) is 6.08 Å². The summed E-state index contributed by atoms with van der Waals surface area (Å²) in [4.78, 5) is 13.2. The monoisotopic (exact) mass is 1040 g/mol. The second-order valence-electron chi connectivity index (χ2n) is 21.5. The molecule has 2 aliphatic rings. The summed E-state index contributed by atoms with van der Waals surface area (Å²) < 4.78 is 22.7. The molecule has 2 heterocycles. The van der Waals surface area contributed by atoms with Crippen molar-refractivity contribution in [2.75, 3.05) is 19.8 Å². The summed E-state index contributed by atoms with van der Waals surface area (Å²) in [6.45, 7) is 2.75. The normalized spacial score (nSPS) is 25.5. The third-order valence-electron chi connectivity index (χ3n) is 14.9. The second-order valence-corrected chi connectivity index (χ2v) is 21.5. The van der Waals surface area contributed by atoms with Crippen LogP contribution in [0.1, 0.15) is 251 Å². The molecule has 2 fully saturated rings. The van der Waals surface area contributed by atoms with Gasteiger partial charge < -0.3 is 65.1 Å². The van der Waals surface area contributed by atoms with Crippen LogP contribution >= 0.6 is 0 Å². The first-order chi connectivity index (χ1) is 35.6. The number of aliphatic hydroxyl groups excluding tert-OH is 8. The van der Waals surface area contributed by atoms with Crippen molar-refractivity contribution in [1.29, 1.82) is 0 Å². The Hall–Kier alpha value is -1.53. The first kappa shape index (κ1) is 67.6. The summed E-state index contributed by atoms with van der Waals surface area (Å²) in [5, 5.41) is 86.8. The number of hydrogen-bond acceptors (Lipinski definition) is 13. The van der Waals surface area contributed by atoms with Gasteiger partial charge in [-0.2, -0.15) is 0 Å². The number of aliphatic hydroxyl groups is 8. The van der Waals surface area contributed by atoms with E-state index in [0.717, 1.165) is 32.1 Å². The molecule has 1 amide bonds. The molecule has 14 nitrogen and oxygen atoms in total. The first-order valence-electron chi connectivity index (χ1n) is 30.1. The number of amides is 1.